The van der Waals surface area contributed by atoms with E-state index < -0.39 is 0 Å². The molecule has 0 spiro atoms. The van der Waals surface area contributed by atoms with Crippen LogP contribution < -0.4 is 11.1 Å². The Morgan fingerprint density at radius 3 is 2.44 bits per heavy atom. The molecular formula is C19H28Cl2N2O2. The summed E-state index contributed by atoms with van der Waals surface area (Å²) in [5, 5.41) is 3.78. The second-order valence-electron chi connectivity index (χ2n) is 7.22. The molecule has 2 bridgehead atoms. The minimum atomic E-state index is -0.156. The van der Waals surface area contributed by atoms with Crippen molar-refractivity contribution >= 4 is 29.9 Å². The molecule has 1 aromatic rings. The quantitative estimate of drug-likeness (QED) is 0.810. The molecule has 3 atom stereocenters. The van der Waals surface area contributed by atoms with Crippen LogP contribution in [-0.2, 0) is 9.53 Å². The van der Waals surface area contributed by atoms with Crippen molar-refractivity contribution in [2.24, 2.45) is 23.5 Å². The standard InChI is InChI=1S/C19H27ClN2O2.ClH/c1-24-17(12-5-7-16(20)8-6-12)11-22-19(23)15-9-13-3-2-4-14(10-15)18(13)21;/h5-8,13-15,17-18H,2-4,9-11,21H2,1H3,(H,22,23);1H. The highest BCUT2D eigenvalue weighted by molar-refractivity contribution is 6.30. The maximum Gasteiger partial charge on any atom is 0.223 e. The number of amides is 1. The number of methoxy groups -OCH3 is 1. The van der Waals surface area contributed by atoms with Crippen LogP contribution in [0.3, 0.4) is 0 Å². The SMILES string of the molecule is COC(CNC(=O)C1CC2CCCC(C1)C2N)c1ccc(Cl)cc1.Cl. The highest BCUT2D eigenvalue weighted by Crippen LogP contribution is 2.41. The van der Waals surface area contributed by atoms with Gasteiger partial charge in [0.15, 0.2) is 0 Å². The highest BCUT2D eigenvalue weighted by atomic mass is 35.5. The smallest absolute Gasteiger partial charge is 0.223 e. The molecular weight excluding hydrogens is 359 g/mol. The summed E-state index contributed by atoms with van der Waals surface area (Å²) < 4.78 is 5.53. The van der Waals surface area contributed by atoms with Crippen molar-refractivity contribution in [1.82, 2.24) is 5.32 Å². The number of halogens is 2. The second kappa shape index (κ2) is 9.22. The molecule has 1 amide bonds. The summed E-state index contributed by atoms with van der Waals surface area (Å²) in [7, 11) is 1.66. The minimum Gasteiger partial charge on any atom is -0.375 e. The van der Waals surface area contributed by atoms with E-state index in [1.165, 1.54) is 19.3 Å². The van der Waals surface area contributed by atoms with E-state index in [2.05, 4.69) is 5.32 Å². The lowest BCUT2D eigenvalue weighted by molar-refractivity contribution is -0.128. The number of benzene rings is 1. The van der Waals surface area contributed by atoms with Crippen LogP contribution in [-0.4, -0.2) is 25.6 Å². The number of carbonyl (C=O) groups is 1. The van der Waals surface area contributed by atoms with Gasteiger partial charge in [0.05, 0.1) is 6.10 Å². The Balaban J connectivity index is 0.00000225. The van der Waals surface area contributed by atoms with Gasteiger partial charge in [0, 0.05) is 30.6 Å². The number of hydrogen-bond donors (Lipinski definition) is 2. The molecule has 140 valence electrons. The summed E-state index contributed by atoms with van der Waals surface area (Å²) >= 11 is 5.93. The van der Waals surface area contributed by atoms with E-state index in [-0.39, 0.29) is 30.3 Å². The summed E-state index contributed by atoms with van der Waals surface area (Å²) in [6.45, 7) is 0.481. The molecule has 25 heavy (non-hydrogen) atoms. The third-order valence-electron chi connectivity index (χ3n) is 5.77. The number of hydrogen-bond acceptors (Lipinski definition) is 3. The van der Waals surface area contributed by atoms with Gasteiger partial charge >= 0.3 is 0 Å². The molecule has 2 saturated carbocycles. The maximum absolute atomic E-state index is 12.6. The van der Waals surface area contributed by atoms with E-state index in [1.807, 2.05) is 24.3 Å². The van der Waals surface area contributed by atoms with Gasteiger partial charge in [0.2, 0.25) is 5.91 Å². The molecule has 0 radical (unpaired) electrons. The Kier molecular flexibility index (Phi) is 7.56. The molecule has 6 heteroatoms. The van der Waals surface area contributed by atoms with Crippen LogP contribution in [0.15, 0.2) is 24.3 Å². The topological polar surface area (TPSA) is 64.3 Å². The van der Waals surface area contributed by atoms with Crippen LogP contribution in [0.5, 0.6) is 0 Å². The van der Waals surface area contributed by atoms with E-state index in [0.29, 0.717) is 29.4 Å². The summed E-state index contributed by atoms with van der Waals surface area (Å²) in [5.41, 5.74) is 7.33. The number of ether oxygens (including phenoxy) is 1. The van der Waals surface area contributed by atoms with E-state index in [0.717, 1.165) is 18.4 Å². The van der Waals surface area contributed by atoms with Crippen molar-refractivity contribution in [1.29, 1.82) is 0 Å². The third kappa shape index (κ3) is 4.88. The van der Waals surface area contributed by atoms with Crippen LogP contribution in [0.2, 0.25) is 5.02 Å². The van der Waals surface area contributed by atoms with Crippen LogP contribution in [0.4, 0.5) is 0 Å². The lowest BCUT2D eigenvalue weighted by Gasteiger charge is -2.43. The zero-order chi connectivity index (χ0) is 17.1. The third-order valence-corrected chi connectivity index (χ3v) is 6.02. The highest BCUT2D eigenvalue weighted by Gasteiger charge is 2.40. The Morgan fingerprint density at radius 1 is 1.28 bits per heavy atom. The normalized spacial score (nSPS) is 29.4. The summed E-state index contributed by atoms with van der Waals surface area (Å²) in [6.07, 6.45) is 5.32. The molecule has 4 nitrogen and oxygen atoms in total. The van der Waals surface area contributed by atoms with Crippen molar-refractivity contribution in [2.75, 3.05) is 13.7 Å². The van der Waals surface area contributed by atoms with Crippen LogP contribution in [0.1, 0.15) is 43.8 Å². The van der Waals surface area contributed by atoms with Gasteiger partial charge in [-0.3, -0.25) is 4.79 Å². The minimum absolute atomic E-state index is 0. The Bertz CT molecular complexity index is 553. The maximum atomic E-state index is 12.6. The molecule has 0 heterocycles. The van der Waals surface area contributed by atoms with E-state index in [9.17, 15) is 4.79 Å². The van der Waals surface area contributed by atoms with E-state index >= 15 is 0 Å². The molecule has 3 rings (SSSR count). The van der Waals surface area contributed by atoms with Crippen molar-refractivity contribution in [3.63, 3.8) is 0 Å². The van der Waals surface area contributed by atoms with Crippen molar-refractivity contribution < 1.29 is 9.53 Å². The monoisotopic (exact) mass is 386 g/mol. The predicted octanol–water partition coefficient (Wildman–Crippen LogP) is 3.72. The predicted molar refractivity (Wildman–Crippen MR) is 103 cm³/mol. The lowest BCUT2D eigenvalue weighted by Crippen LogP contribution is -2.49. The molecule has 0 saturated heterocycles. The first-order valence-corrected chi connectivity index (χ1v) is 9.28. The first-order valence-electron chi connectivity index (χ1n) is 8.90. The Hall–Kier alpha value is -0.810. The number of fused-ring (bicyclic) bond motifs is 2. The summed E-state index contributed by atoms with van der Waals surface area (Å²) in [5.74, 6) is 1.28. The van der Waals surface area contributed by atoms with Gasteiger partial charge in [-0.2, -0.15) is 0 Å². The zero-order valence-electron chi connectivity index (χ0n) is 14.6. The zero-order valence-corrected chi connectivity index (χ0v) is 16.2. The molecule has 2 aliphatic carbocycles. The van der Waals surface area contributed by atoms with Gasteiger partial charge in [-0.05, 0) is 55.2 Å². The van der Waals surface area contributed by atoms with E-state index in [1.54, 1.807) is 7.11 Å². The average Bonchev–Trinajstić information content (AvgIpc) is 2.56. The van der Waals surface area contributed by atoms with Gasteiger partial charge in [-0.15, -0.1) is 12.4 Å². The van der Waals surface area contributed by atoms with Gasteiger partial charge in [-0.25, -0.2) is 0 Å². The van der Waals surface area contributed by atoms with Gasteiger partial charge in [0.25, 0.3) is 0 Å². The van der Waals surface area contributed by atoms with Gasteiger partial charge < -0.3 is 15.8 Å². The van der Waals surface area contributed by atoms with Crippen LogP contribution in [0.25, 0.3) is 0 Å². The van der Waals surface area contributed by atoms with E-state index in [4.69, 9.17) is 22.1 Å². The molecule has 1 aromatic carbocycles. The largest absolute Gasteiger partial charge is 0.375 e. The van der Waals surface area contributed by atoms with Crippen LogP contribution in [0, 0.1) is 17.8 Å². The first kappa shape index (κ1) is 20.5. The molecule has 3 unspecified atom stereocenters. The molecule has 0 aliphatic heterocycles. The fourth-order valence-corrected chi connectivity index (χ4v) is 4.48. The average molecular weight is 387 g/mol. The van der Waals surface area contributed by atoms with Crippen molar-refractivity contribution in [2.45, 2.75) is 44.2 Å². The number of carbonyl (C=O) groups excluding carboxylic acids is 1. The summed E-state index contributed by atoms with van der Waals surface area (Å²) in [6, 6.07) is 7.85. The molecule has 2 fully saturated rings. The molecule has 0 aromatic heterocycles. The van der Waals surface area contributed by atoms with Gasteiger partial charge in [-0.1, -0.05) is 30.2 Å². The molecule has 2 aliphatic rings. The van der Waals surface area contributed by atoms with Crippen molar-refractivity contribution in [3.8, 4) is 0 Å². The second-order valence-corrected chi connectivity index (χ2v) is 7.65. The lowest BCUT2D eigenvalue weighted by atomic mass is 9.65. The number of nitrogens with one attached hydrogen (secondary N) is 1. The van der Waals surface area contributed by atoms with Crippen molar-refractivity contribution in [3.05, 3.63) is 34.9 Å². The summed E-state index contributed by atoms with van der Waals surface area (Å²) in [4.78, 5) is 12.6. The van der Waals surface area contributed by atoms with Crippen LogP contribution >= 0.6 is 24.0 Å². The fourth-order valence-electron chi connectivity index (χ4n) is 4.36. The number of nitrogens with two attached hydrogens (primary N) is 1. The first-order chi connectivity index (χ1) is 11.6. The molecule has 3 N–H and O–H groups in total. The fraction of sp³-hybridized carbons (Fsp3) is 0.632. The number of rotatable bonds is 5. The van der Waals surface area contributed by atoms with Gasteiger partial charge in [0.1, 0.15) is 0 Å². The Labute approximate surface area is 161 Å². The Morgan fingerprint density at radius 2 is 1.88 bits per heavy atom.